The third-order valence-electron chi connectivity index (χ3n) is 3.32. The Labute approximate surface area is 114 Å². The lowest BCUT2D eigenvalue weighted by Gasteiger charge is -2.10. The van der Waals surface area contributed by atoms with Crippen molar-refractivity contribution in [1.29, 1.82) is 0 Å². The third-order valence-corrected chi connectivity index (χ3v) is 5.76. The van der Waals surface area contributed by atoms with Gasteiger partial charge in [0.1, 0.15) is 0 Å². The zero-order valence-electron chi connectivity index (χ0n) is 9.82. The number of hydrogen-bond acceptors (Lipinski definition) is 2. The van der Waals surface area contributed by atoms with Gasteiger partial charge in [-0.3, -0.25) is 4.21 Å². The number of halogens is 1. The molecule has 0 heterocycles. The van der Waals surface area contributed by atoms with Crippen LogP contribution in [0.3, 0.4) is 0 Å². The van der Waals surface area contributed by atoms with E-state index in [9.17, 15) is 4.21 Å². The molecule has 0 aliphatic heterocycles. The smallest absolute Gasteiger partial charge is 0.0497 e. The lowest BCUT2D eigenvalue weighted by molar-refractivity contribution is 0.604. The third kappa shape index (κ3) is 3.55. The summed E-state index contributed by atoms with van der Waals surface area (Å²) in [6.07, 6.45) is 5.13. The maximum absolute atomic E-state index is 12.1. The maximum atomic E-state index is 12.1. The van der Waals surface area contributed by atoms with Gasteiger partial charge in [-0.05, 0) is 46.3 Å². The molecule has 17 heavy (non-hydrogen) atoms. The minimum absolute atomic E-state index is 0.613. The van der Waals surface area contributed by atoms with Crippen LogP contribution in [0.2, 0.25) is 0 Å². The van der Waals surface area contributed by atoms with Gasteiger partial charge in [-0.1, -0.05) is 25.0 Å². The number of anilines is 1. The minimum atomic E-state index is -0.765. The standard InChI is InChI=1S/C13H18BrNOS/c14-13-11(6-3-7-12(13)15)9-17(16)8-10-4-1-2-5-10/h3,6-7,10H,1-2,4-5,8-9,15H2. The van der Waals surface area contributed by atoms with Crippen molar-refractivity contribution in [3.8, 4) is 0 Å². The van der Waals surface area contributed by atoms with Crippen LogP contribution in [-0.2, 0) is 16.6 Å². The fraction of sp³-hybridized carbons (Fsp3) is 0.538. The number of rotatable bonds is 4. The average Bonchev–Trinajstić information content (AvgIpc) is 2.77. The molecule has 0 amide bonds. The minimum Gasteiger partial charge on any atom is -0.398 e. The topological polar surface area (TPSA) is 43.1 Å². The highest BCUT2D eigenvalue weighted by Gasteiger charge is 2.18. The SMILES string of the molecule is Nc1cccc(CS(=O)CC2CCCC2)c1Br. The molecule has 1 unspecified atom stereocenters. The van der Waals surface area contributed by atoms with E-state index in [0.717, 1.165) is 21.5 Å². The second kappa shape index (κ2) is 6.01. The van der Waals surface area contributed by atoms with Gasteiger partial charge >= 0.3 is 0 Å². The summed E-state index contributed by atoms with van der Waals surface area (Å²) in [4.78, 5) is 0. The highest BCUT2D eigenvalue weighted by molar-refractivity contribution is 9.10. The molecule has 2 rings (SSSR count). The van der Waals surface area contributed by atoms with Gasteiger partial charge in [-0.25, -0.2) is 0 Å². The molecule has 1 saturated carbocycles. The summed E-state index contributed by atoms with van der Waals surface area (Å²) in [5, 5.41) is 0. The zero-order valence-corrected chi connectivity index (χ0v) is 12.2. The van der Waals surface area contributed by atoms with E-state index in [4.69, 9.17) is 5.73 Å². The largest absolute Gasteiger partial charge is 0.398 e. The molecule has 1 aromatic carbocycles. The average molecular weight is 316 g/mol. The number of benzene rings is 1. The van der Waals surface area contributed by atoms with Crippen LogP contribution in [0.4, 0.5) is 5.69 Å². The first-order chi connectivity index (χ1) is 8.16. The predicted molar refractivity (Wildman–Crippen MR) is 77.2 cm³/mol. The molecule has 4 heteroatoms. The molecule has 1 aliphatic rings. The zero-order chi connectivity index (χ0) is 12.3. The monoisotopic (exact) mass is 315 g/mol. The van der Waals surface area contributed by atoms with Gasteiger partial charge in [0.15, 0.2) is 0 Å². The molecular formula is C13H18BrNOS. The highest BCUT2D eigenvalue weighted by Crippen LogP contribution is 2.28. The fourth-order valence-corrected chi connectivity index (χ4v) is 4.54. The molecular weight excluding hydrogens is 298 g/mol. The first-order valence-corrected chi connectivity index (χ1v) is 8.33. The van der Waals surface area contributed by atoms with Gasteiger partial charge in [0.25, 0.3) is 0 Å². The van der Waals surface area contributed by atoms with E-state index in [1.165, 1.54) is 25.7 Å². The summed E-state index contributed by atoms with van der Waals surface area (Å²) >= 11 is 3.46. The molecule has 2 N–H and O–H groups in total. The Kier molecular flexibility index (Phi) is 4.62. The molecule has 1 aliphatic carbocycles. The van der Waals surface area contributed by atoms with E-state index in [0.29, 0.717) is 11.7 Å². The molecule has 1 atom stereocenters. The second-order valence-electron chi connectivity index (χ2n) is 4.72. The molecule has 0 saturated heterocycles. The van der Waals surface area contributed by atoms with E-state index in [1.54, 1.807) is 0 Å². The fourth-order valence-electron chi connectivity index (χ4n) is 2.38. The molecule has 0 bridgehead atoms. The quantitative estimate of drug-likeness (QED) is 0.864. The van der Waals surface area contributed by atoms with E-state index in [2.05, 4.69) is 15.9 Å². The summed E-state index contributed by atoms with van der Waals surface area (Å²) in [7, 11) is -0.765. The molecule has 2 nitrogen and oxygen atoms in total. The van der Waals surface area contributed by atoms with Gasteiger partial charge in [-0.15, -0.1) is 0 Å². The summed E-state index contributed by atoms with van der Waals surface area (Å²) in [6.45, 7) is 0. The van der Waals surface area contributed by atoms with Crippen molar-refractivity contribution in [3.63, 3.8) is 0 Å². The van der Waals surface area contributed by atoms with Gasteiger partial charge in [-0.2, -0.15) is 0 Å². The Hall–Kier alpha value is -0.350. The van der Waals surface area contributed by atoms with Crippen molar-refractivity contribution in [1.82, 2.24) is 0 Å². The Bertz CT molecular complexity index is 416. The van der Waals surface area contributed by atoms with Crippen LogP contribution in [0.25, 0.3) is 0 Å². The second-order valence-corrected chi connectivity index (χ2v) is 7.02. The van der Waals surface area contributed by atoms with Gasteiger partial charge < -0.3 is 5.73 Å². The van der Waals surface area contributed by atoms with Gasteiger partial charge in [0.05, 0.1) is 0 Å². The Morgan fingerprint density at radius 2 is 2.06 bits per heavy atom. The number of hydrogen-bond donors (Lipinski definition) is 1. The van der Waals surface area contributed by atoms with Crippen LogP contribution in [0.5, 0.6) is 0 Å². The van der Waals surface area contributed by atoms with Crippen molar-refractivity contribution >= 4 is 32.4 Å². The molecule has 0 radical (unpaired) electrons. The molecule has 94 valence electrons. The summed E-state index contributed by atoms with van der Waals surface area (Å²) in [5.74, 6) is 2.14. The van der Waals surface area contributed by atoms with Crippen LogP contribution >= 0.6 is 15.9 Å². The van der Waals surface area contributed by atoms with Crippen LogP contribution in [0.15, 0.2) is 22.7 Å². The molecule has 1 aromatic rings. The molecule has 0 aromatic heterocycles. The normalized spacial score (nSPS) is 18.4. The Balaban J connectivity index is 1.95. The first kappa shape index (κ1) is 13.1. The van der Waals surface area contributed by atoms with Crippen molar-refractivity contribution in [3.05, 3.63) is 28.2 Å². The van der Waals surface area contributed by atoms with Crippen molar-refractivity contribution < 1.29 is 4.21 Å². The van der Waals surface area contributed by atoms with E-state index >= 15 is 0 Å². The van der Waals surface area contributed by atoms with Crippen molar-refractivity contribution in [2.45, 2.75) is 31.4 Å². The highest BCUT2D eigenvalue weighted by atomic mass is 79.9. The van der Waals surface area contributed by atoms with E-state index in [-0.39, 0.29) is 0 Å². The van der Waals surface area contributed by atoms with Crippen molar-refractivity contribution in [2.75, 3.05) is 11.5 Å². The molecule has 0 spiro atoms. The van der Waals surface area contributed by atoms with Crippen LogP contribution in [0, 0.1) is 5.92 Å². The van der Waals surface area contributed by atoms with Gasteiger partial charge in [0.2, 0.25) is 0 Å². The van der Waals surface area contributed by atoms with Gasteiger partial charge in [0, 0.05) is 32.5 Å². The number of nitrogen functional groups attached to an aromatic ring is 1. The lowest BCUT2D eigenvalue weighted by atomic mass is 10.1. The maximum Gasteiger partial charge on any atom is 0.0497 e. The summed E-state index contributed by atoms with van der Waals surface area (Å²) in [6, 6.07) is 5.77. The summed E-state index contributed by atoms with van der Waals surface area (Å²) < 4.78 is 13.0. The van der Waals surface area contributed by atoms with Crippen molar-refractivity contribution in [2.24, 2.45) is 5.92 Å². The summed E-state index contributed by atoms with van der Waals surface area (Å²) in [5.41, 5.74) is 7.59. The number of nitrogens with two attached hydrogens (primary N) is 1. The Morgan fingerprint density at radius 3 is 2.76 bits per heavy atom. The first-order valence-electron chi connectivity index (χ1n) is 6.04. The Morgan fingerprint density at radius 1 is 1.35 bits per heavy atom. The lowest BCUT2D eigenvalue weighted by Crippen LogP contribution is -2.10. The van der Waals surface area contributed by atoms with Crippen LogP contribution < -0.4 is 5.73 Å². The van der Waals surface area contributed by atoms with Crippen LogP contribution in [-0.4, -0.2) is 9.96 Å². The predicted octanol–water partition coefficient (Wildman–Crippen LogP) is 3.47. The van der Waals surface area contributed by atoms with Crippen LogP contribution in [0.1, 0.15) is 31.2 Å². The molecule has 1 fully saturated rings. The van der Waals surface area contributed by atoms with E-state index in [1.807, 2.05) is 18.2 Å². The van der Waals surface area contributed by atoms with E-state index < -0.39 is 10.8 Å².